The van der Waals surface area contributed by atoms with E-state index in [4.69, 9.17) is 4.74 Å². The van der Waals surface area contributed by atoms with Gasteiger partial charge in [0.2, 0.25) is 0 Å². The normalized spacial score (nSPS) is 18.7. The van der Waals surface area contributed by atoms with Crippen LogP contribution in [-0.4, -0.2) is 36.7 Å². The zero-order valence-corrected chi connectivity index (χ0v) is 13.7. The van der Waals surface area contributed by atoms with E-state index in [2.05, 4.69) is 24.3 Å². The summed E-state index contributed by atoms with van der Waals surface area (Å²) in [5, 5.41) is 10.9. The quantitative estimate of drug-likeness (QED) is 0.860. The highest BCUT2D eigenvalue weighted by atomic mass is 16.6. The minimum Gasteiger partial charge on any atom is -0.550 e. The van der Waals surface area contributed by atoms with Crippen molar-refractivity contribution in [3.63, 3.8) is 0 Å². The molecule has 0 bridgehead atoms. The van der Waals surface area contributed by atoms with Crippen molar-refractivity contribution in [2.75, 3.05) is 19.7 Å². The number of carboxylic acid groups (broad SMARTS) is 1. The molecule has 0 unspecified atom stereocenters. The third-order valence-electron chi connectivity index (χ3n) is 5.12. The van der Waals surface area contributed by atoms with Crippen molar-refractivity contribution in [1.29, 1.82) is 0 Å². The number of carbonyl (C=O) groups is 2. The van der Waals surface area contributed by atoms with Gasteiger partial charge in [-0.15, -0.1) is 0 Å². The van der Waals surface area contributed by atoms with Crippen molar-refractivity contribution in [3.8, 4) is 11.1 Å². The van der Waals surface area contributed by atoms with E-state index in [1.165, 1.54) is 16.0 Å². The lowest BCUT2D eigenvalue weighted by Gasteiger charge is -2.19. The molecule has 5 nitrogen and oxygen atoms in total. The first-order chi connectivity index (χ1) is 12.1. The highest BCUT2D eigenvalue weighted by molar-refractivity contribution is 5.79. The molecule has 0 spiro atoms. The molecule has 5 heteroatoms. The molecule has 1 saturated heterocycles. The Kier molecular flexibility index (Phi) is 3.92. The lowest BCUT2D eigenvalue weighted by Crippen LogP contribution is -2.35. The van der Waals surface area contributed by atoms with Gasteiger partial charge < -0.3 is 19.5 Å². The largest absolute Gasteiger partial charge is 0.550 e. The molecular weight excluding hydrogens is 318 g/mol. The average molecular weight is 336 g/mol. The maximum absolute atomic E-state index is 12.3. The minimum atomic E-state index is -1.10. The lowest BCUT2D eigenvalue weighted by atomic mass is 9.98. The summed E-state index contributed by atoms with van der Waals surface area (Å²) >= 11 is 0. The number of hydrogen-bond acceptors (Lipinski definition) is 4. The molecule has 1 amide bonds. The number of fused-ring (bicyclic) bond motifs is 3. The molecule has 4 rings (SSSR count). The molecule has 2 aromatic rings. The number of nitrogens with zero attached hydrogens (tertiary/aromatic N) is 1. The van der Waals surface area contributed by atoms with Crippen molar-refractivity contribution < 1.29 is 19.4 Å². The van der Waals surface area contributed by atoms with Crippen LogP contribution in [0, 0.1) is 5.92 Å². The Bertz CT molecular complexity index is 786. The van der Waals surface area contributed by atoms with Gasteiger partial charge in [-0.2, -0.15) is 0 Å². The molecule has 1 aliphatic carbocycles. The zero-order valence-electron chi connectivity index (χ0n) is 13.7. The van der Waals surface area contributed by atoms with Gasteiger partial charge in [0, 0.05) is 30.9 Å². The summed E-state index contributed by atoms with van der Waals surface area (Å²) in [4.78, 5) is 24.7. The fourth-order valence-corrected chi connectivity index (χ4v) is 3.80. The van der Waals surface area contributed by atoms with Gasteiger partial charge >= 0.3 is 6.09 Å². The van der Waals surface area contributed by atoms with E-state index >= 15 is 0 Å². The molecule has 0 N–H and O–H groups in total. The Hall–Kier alpha value is -2.82. The van der Waals surface area contributed by atoms with E-state index in [9.17, 15) is 14.7 Å². The van der Waals surface area contributed by atoms with E-state index in [1.54, 1.807) is 0 Å². The molecule has 1 heterocycles. The number of carboxylic acids is 1. The van der Waals surface area contributed by atoms with Crippen LogP contribution in [0.15, 0.2) is 48.5 Å². The molecule has 0 radical (unpaired) electrons. The van der Waals surface area contributed by atoms with Crippen LogP contribution in [-0.2, 0) is 9.53 Å². The maximum Gasteiger partial charge on any atom is 0.409 e. The molecule has 1 aliphatic heterocycles. The Morgan fingerprint density at radius 2 is 1.64 bits per heavy atom. The number of hydrogen-bond donors (Lipinski definition) is 0. The summed E-state index contributed by atoms with van der Waals surface area (Å²) in [5.74, 6) is -1.69. The zero-order chi connectivity index (χ0) is 17.4. The van der Waals surface area contributed by atoms with Crippen LogP contribution in [0.4, 0.5) is 4.79 Å². The van der Waals surface area contributed by atoms with Crippen LogP contribution in [0.3, 0.4) is 0 Å². The Morgan fingerprint density at radius 3 is 2.20 bits per heavy atom. The third kappa shape index (κ3) is 2.76. The third-order valence-corrected chi connectivity index (χ3v) is 5.12. The summed E-state index contributed by atoms with van der Waals surface area (Å²) in [7, 11) is 0. The second-order valence-corrected chi connectivity index (χ2v) is 6.55. The van der Waals surface area contributed by atoms with Gasteiger partial charge in [0.1, 0.15) is 6.61 Å². The monoisotopic (exact) mass is 336 g/mol. The number of benzene rings is 2. The summed E-state index contributed by atoms with van der Waals surface area (Å²) in [6, 6.07) is 16.3. The molecular formula is C20H18NO4-. The van der Waals surface area contributed by atoms with Crippen molar-refractivity contribution in [1.82, 2.24) is 4.90 Å². The molecule has 1 atom stereocenters. The second kappa shape index (κ2) is 6.24. The van der Waals surface area contributed by atoms with Crippen LogP contribution >= 0.6 is 0 Å². The van der Waals surface area contributed by atoms with Crippen LogP contribution in [0.5, 0.6) is 0 Å². The van der Waals surface area contributed by atoms with Gasteiger partial charge in [-0.05, 0) is 28.7 Å². The summed E-state index contributed by atoms with van der Waals surface area (Å²) in [5.41, 5.74) is 4.67. The molecule has 2 aromatic carbocycles. The van der Waals surface area contributed by atoms with Crippen molar-refractivity contribution in [3.05, 3.63) is 59.7 Å². The Morgan fingerprint density at radius 1 is 1.04 bits per heavy atom. The predicted octanol–water partition coefficient (Wildman–Crippen LogP) is 2.01. The highest BCUT2D eigenvalue weighted by Crippen LogP contribution is 2.44. The first kappa shape index (κ1) is 15.7. The SMILES string of the molecule is O=C([O-])[C@@H]1CCN(C(=O)OCC2c3ccccc3-c3ccccc32)C1. The summed E-state index contributed by atoms with van der Waals surface area (Å²) in [6.45, 7) is 0.813. The molecule has 1 fully saturated rings. The van der Waals surface area contributed by atoms with Gasteiger partial charge in [-0.3, -0.25) is 0 Å². The molecule has 2 aliphatic rings. The van der Waals surface area contributed by atoms with Crippen LogP contribution in [0.25, 0.3) is 11.1 Å². The summed E-state index contributed by atoms with van der Waals surface area (Å²) in [6.07, 6.45) is -0.0300. The van der Waals surface area contributed by atoms with Crippen molar-refractivity contribution in [2.45, 2.75) is 12.3 Å². The number of ether oxygens (including phenoxy) is 1. The Balaban J connectivity index is 1.48. The van der Waals surface area contributed by atoms with Crippen LogP contribution in [0.1, 0.15) is 23.5 Å². The molecule has 25 heavy (non-hydrogen) atoms. The predicted molar refractivity (Wildman–Crippen MR) is 89.8 cm³/mol. The topological polar surface area (TPSA) is 69.7 Å². The van der Waals surface area contributed by atoms with Gasteiger partial charge in [-0.25, -0.2) is 4.79 Å². The first-order valence-corrected chi connectivity index (χ1v) is 8.46. The van der Waals surface area contributed by atoms with E-state index in [0.717, 1.165) is 11.1 Å². The van der Waals surface area contributed by atoms with Crippen LogP contribution < -0.4 is 5.11 Å². The molecule has 128 valence electrons. The van der Waals surface area contributed by atoms with Crippen LogP contribution in [0.2, 0.25) is 0 Å². The maximum atomic E-state index is 12.3. The fraction of sp³-hybridized carbons (Fsp3) is 0.300. The molecule has 0 saturated carbocycles. The second-order valence-electron chi connectivity index (χ2n) is 6.55. The van der Waals surface area contributed by atoms with Crippen molar-refractivity contribution in [2.24, 2.45) is 5.92 Å². The van der Waals surface area contributed by atoms with Gasteiger partial charge in [0.05, 0.1) is 0 Å². The van der Waals surface area contributed by atoms with E-state index in [1.807, 2.05) is 24.3 Å². The molecule has 0 aromatic heterocycles. The Labute approximate surface area is 145 Å². The smallest absolute Gasteiger partial charge is 0.409 e. The average Bonchev–Trinajstić information content (AvgIpc) is 3.24. The highest BCUT2D eigenvalue weighted by Gasteiger charge is 2.31. The lowest BCUT2D eigenvalue weighted by molar-refractivity contribution is -0.310. The van der Waals surface area contributed by atoms with Gasteiger partial charge in [-0.1, -0.05) is 48.5 Å². The van der Waals surface area contributed by atoms with E-state index < -0.39 is 18.0 Å². The number of carbonyl (C=O) groups excluding carboxylic acids is 2. The number of aliphatic carboxylic acids is 1. The number of amides is 1. The fourth-order valence-electron chi connectivity index (χ4n) is 3.80. The van der Waals surface area contributed by atoms with Gasteiger partial charge in [0.15, 0.2) is 0 Å². The van der Waals surface area contributed by atoms with E-state index in [0.29, 0.717) is 13.0 Å². The van der Waals surface area contributed by atoms with Gasteiger partial charge in [0.25, 0.3) is 0 Å². The standard InChI is InChI=1S/C20H19NO4/c22-19(23)13-9-10-21(11-13)20(24)25-12-18-16-7-3-1-5-14(16)15-6-2-4-8-17(15)18/h1-8,13,18H,9-12H2,(H,22,23)/p-1/t13-/m1/s1. The van der Waals surface area contributed by atoms with E-state index in [-0.39, 0.29) is 19.1 Å². The van der Waals surface area contributed by atoms with Crippen molar-refractivity contribution >= 4 is 12.1 Å². The number of likely N-dealkylation sites (tertiary alicyclic amines) is 1. The minimum absolute atomic E-state index is 0.0101. The first-order valence-electron chi connectivity index (χ1n) is 8.46. The summed E-state index contributed by atoms with van der Waals surface area (Å²) < 4.78 is 5.53. The number of rotatable bonds is 3.